The first kappa shape index (κ1) is 15.7. The Kier molecular flexibility index (Phi) is 6.87. The summed E-state index contributed by atoms with van der Waals surface area (Å²) in [7, 11) is 1.59. The van der Waals surface area contributed by atoms with Crippen molar-refractivity contribution in [2.45, 2.75) is 0 Å². The minimum atomic E-state index is -0.133. The normalized spacial score (nSPS) is 9.60. The Labute approximate surface area is 119 Å². The van der Waals surface area contributed by atoms with Gasteiger partial charge < -0.3 is 14.4 Å². The minimum Gasteiger partial charge on any atom is -0.484 e. The second-order valence-electron chi connectivity index (χ2n) is 4.05. The molecular formula is C15H18N2O3. The van der Waals surface area contributed by atoms with Crippen LogP contribution in [0.25, 0.3) is 0 Å². The van der Waals surface area contributed by atoms with E-state index in [0.717, 1.165) is 0 Å². The Hall–Kier alpha value is -2.32. The van der Waals surface area contributed by atoms with Crippen LogP contribution in [0.15, 0.2) is 36.9 Å². The maximum Gasteiger partial charge on any atom is 0.260 e. The van der Waals surface area contributed by atoms with Crippen LogP contribution in [-0.4, -0.2) is 44.2 Å². The Morgan fingerprint density at radius 2 is 2.15 bits per heavy atom. The van der Waals surface area contributed by atoms with Gasteiger partial charge in [-0.15, -0.1) is 6.58 Å². The first-order chi connectivity index (χ1) is 9.71. The Bertz CT molecular complexity index is 477. The summed E-state index contributed by atoms with van der Waals surface area (Å²) in [4.78, 5) is 13.6. The smallest absolute Gasteiger partial charge is 0.260 e. The second kappa shape index (κ2) is 8.73. The van der Waals surface area contributed by atoms with Gasteiger partial charge in [0.2, 0.25) is 0 Å². The van der Waals surface area contributed by atoms with Crippen molar-refractivity contribution in [1.82, 2.24) is 4.90 Å². The van der Waals surface area contributed by atoms with E-state index >= 15 is 0 Å². The molecule has 0 bridgehead atoms. The van der Waals surface area contributed by atoms with Gasteiger partial charge in [0.05, 0.1) is 18.2 Å². The number of nitriles is 1. The summed E-state index contributed by atoms with van der Waals surface area (Å²) < 4.78 is 10.4. The predicted molar refractivity (Wildman–Crippen MR) is 75.3 cm³/mol. The molecule has 0 heterocycles. The van der Waals surface area contributed by atoms with Crippen molar-refractivity contribution < 1.29 is 14.3 Å². The SMILES string of the molecule is C=CCN(CCOC)C(=O)COc1ccc(C#N)cc1. The number of ether oxygens (including phenoxy) is 2. The van der Waals surface area contributed by atoms with Gasteiger partial charge in [0.15, 0.2) is 6.61 Å². The third kappa shape index (κ3) is 5.12. The molecule has 1 aromatic carbocycles. The van der Waals surface area contributed by atoms with E-state index in [0.29, 0.717) is 31.0 Å². The van der Waals surface area contributed by atoms with Crippen LogP contribution in [0.5, 0.6) is 5.75 Å². The van der Waals surface area contributed by atoms with Crippen molar-refractivity contribution >= 4 is 5.91 Å². The lowest BCUT2D eigenvalue weighted by Gasteiger charge is -2.20. The van der Waals surface area contributed by atoms with Gasteiger partial charge in [-0.1, -0.05) is 6.08 Å². The average Bonchev–Trinajstić information content (AvgIpc) is 2.49. The lowest BCUT2D eigenvalue weighted by Crippen LogP contribution is -2.37. The summed E-state index contributed by atoms with van der Waals surface area (Å²) in [5.41, 5.74) is 0.553. The molecule has 20 heavy (non-hydrogen) atoms. The van der Waals surface area contributed by atoms with E-state index in [2.05, 4.69) is 6.58 Å². The van der Waals surface area contributed by atoms with E-state index < -0.39 is 0 Å². The Morgan fingerprint density at radius 1 is 1.45 bits per heavy atom. The summed E-state index contributed by atoms with van der Waals surface area (Å²) in [6.45, 7) is 4.99. The van der Waals surface area contributed by atoms with Gasteiger partial charge in [-0.3, -0.25) is 4.79 Å². The number of hydrogen-bond donors (Lipinski definition) is 0. The number of carbonyl (C=O) groups excluding carboxylic acids is 1. The number of methoxy groups -OCH3 is 1. The molecule has 0 saturated carbocycles. The van der Waals surface area contributed by atoms with Gasteiger partial charge >= 0.3 is 0 Å². The molecule has 0 aliphatic heterocycles. The fourth-order valence-corrected chi connectivity index (χ4v) is 1.54. The van der Waals surface area contributed by atoms with E-state index in [1.807, 2.05) is 6.07 Å². The van der Waals surface area contributed by atoms with Crippen molar-refractivity contribution in [3.8, 4) is 11.8 Å². The third-order valence-electron chi connectivity index (χ3n) is 2.61. The molecule has 1 rings (SSSR count). The molecule has 0 aromatic heterocycles. The van der Waals surface area contributed by atoms with Gasteiger partial charge in [-0.05, 0) is 24.3 Å². The van der Waals surface area contributed by atoms with Gasteiger partial charge in [0.25, 0.3) is 5.91 Å². The quantitative estimate of drug-likeness (QED) is 0.675. The maximum absolute atomic E-state index is 12.0. The van der Waals surface area contributed by atoms with Gasteiger partial charge in [-0.25, -0.2) is 0 Å². The van der Waals surface area contributed by atoms with Crippen molar-refractivity contribution in [2.24, 2.45) is 0 Å². The third-order valence-corrected chi connectivity index (χ3v) is 2.61. The molecule has 0 aliphatic carbocycles. The summed E-state index contributed by atoms with van der Waals surface area (Å²) in [5.74, 6) is 0.425. The summed E-state index contributed by atoms with van der Waals surface area (Å²) in [6, 6.07) is 8.64. The molecule has 1 amide bonds. The number of nitrogens with zero attached hydrogens (tertiary/aromatic N) is 2. The van der Waals surface area contributed by atoms with E-state index in [9.17, 15) is 4.79 Å². The second-order valence-corrected chi connectivity index (χ2v) is 4.05. The molecule has 0 unspecified atom stereocenters. The van der Waals surface area contributed by atoms with Crippen LogP contribution in [-0.2, 0) is 9.53 Å². The highest BCUT2D eigenvalue weighted by atomic mass is 16.5. The zero-order chi connectivity index (χ0) is 14.8. The number of carbonyl (C=O) groups is 1. The fourth-order valence-electron chi connectivity index (χ4n) is 1.54. The molecule has 0 aliphatic rings. The van der Waals surface area contributed by atoms with Gasteiger partial charge in [-0.2, -0.15) is 5.26 Å². The molecule has 0 atom stereocenters. The minimum absolute atomic E-state index is 0.0521. The molecule has 5 nitrogen and oxygen atoms in total. The molecule has 0 N–H and O–H groups in total. The number of amides is 1. The molecule has 106 valence electrons. The van der Waals surface area contributed by atoms with Crippen molar-refractivity contribution in [1.29, 1.82) is 5.26 Å². The standard InChI is InChI=1S/C15H18N2O3/c1-3-8-17(9-10-19-2)15(18)12-20-14-6-4-13(11-16)5-7-14/h3-7H,1,8-10,12H2,2H3. The number of rotatable bonds is 8. The molecule has 1 aromatic rings. The molecule has 0 radical (unpaired) electrons. The molecule has 0 saturated heterocycles. The van der Waals surface area contributed by atoms with Crippen LogP contribution in [0.3, 0.4) is 0 Å². The van der Waals surface area contributed by atoms with Crippen molar-refractivity contribution in [2.75, 3.05) is 33.4 Å². The largest absolute Gasteiger partial charge is 0.484 e. The van der Waals surface area contributed by atoms with Crippen molar-refractivity contribution in [3.63, 3.8) is 0 Å². The topological polar surface area (TPSA) is 62.6 Å². The summed E-state index contributed by atoms with van der Waals surface area (Å²) in [5, 5.41) is 8.69. The molecule has 0 fully saturated rings. The molecular weight excluding hydrogens is 256 g/mol. The van der Waals surface area contributed by atoms with E-state index in [1.165, 1.54) is 0 Å². The van der Waals surface area contributed by atoms with E-state index in [1.54, 1.807) is 42.4 Å². The first-order valence-corrected chi connectivity index (χ1v) is 6.21. The van der Waals surface area contributed by atoms with Crippen LogP contribution >= 0.6 is 0 Å². The highest BCUT2D eigenvalue weighted by molar-refractivity contribution is 5.77. The highest BCUT2D eigenvalue weighted by Crippen LogP contribution is 2.11. The summed E-state index contributed by atoms with van der Waals surface area (Å²) in [6.07, 6.45) is 1.66. The molecule has 0 spiro atoms. The lowest BCUT2D eigenvalue weighted by molar-refractivity contribution is -0.133. The molecule has 5 heteroatoms. The fraction of sp³-hybridized carbons (Fsp3) is 0.333. The zero-order valence-corrected chi connectivity index (χ0v) is 11.5. The summed E-state index contributed by atoms with van der Waals surface area (Å²) >= 11 is 0. The first-order valence-electron chi connectivity index (χ1n) is 6.21. The monoisotopic (exact) mass is 274 g/mol. The highest BCUT2D eigenvalue weighted by Gasteiger charge is 2.12. The average molecular weight is 274 g/mol. The van der Waals surface area contributed by atoms with Crippen LogP contribution in [0.4, 0.5) is 0 Å². The maximum atomic E-state index is 12.0. The van der Waals surface area contributed by atoms with Crippen LogP contribution in [0.1, 0.15) is 5.56 Å². The van der Waals surface area contributed by atoms with Gasteiger partial charge in [0.1, 0.15) is 5.75 Å². The number of benzene rings is 1. The lowest BCUT2D eigenvalue weighted by atomic mass is 10.2. The van der Waals surface area contributed by atoms with Crippen LogP contribution in [0, 0.1) is 11.3 Å². The van der Waals surface area contributed by atoms with E-state index in [-0.39, 0.29) is 12.5 Å². The Balaban J connectivity index is 2.50. The van der Waals surface area contributed by atoms with Crippen LogP contribution in [0.2, 0.25) is 0 Å². The van der Waals surface area contributed by atoms with Gasteiger partial charge in [0, 0.05) is 20.2 Å². The van der Waals surface area contributed by atoms with E-state index in [4.69, 9.17) is 14.7 Å². The van der Waals surface area contributed by atoms with Crippen LogP contribution < -0.4 is 4.74 Å². The Morgan fingerprint density at radius 3 is 2.70 bits per heavy atom. The van der Waals surface area contributed by atoms with Crippen molar-refractivity contribution in [3.05, 3.63) is 42.5 Å². The predicted octanol–water partition coefficient (Wildman–Crippen LogP) is 1.60. The zero-order valence-electron chi connectivity index (χ0n) is 11.5. The number of hydrogen-bond acceptors (Lipinski definition) is 4.